The third kappa shape index (κ3) is 2.38. The van der Waals surface area contributed by atoms with Crippen molar-refractivity contribution in [2.45, 2.75) is 20.4 Å². The molecule has 1 heterocycles. The first kappa shape index (κ1) is 12.6. The van der Waals surface area contributed by atoms with Crippen molar-refractivity contribution in [3.8, 4) is 0 Å². The molecule has 0 unspecified atom stereocenters. The minimum absolute atomic E-state index is 0.142. The first-order valence-corrected chi connectivity index (χ1v) is 6.30. The van der Waals surface area contributed by atoms with E-state index in [9.17, 15) is 4.39 Å². The Morgan fingerprint density at radius 3 is 2.71 bits per heavy atom. The molecule has 5 heteroatoms. The molecule has 0 radical (unpaired) electrons. The van der Waals surface area contributed by atoms with E-state index in [0.717, 1.165) is 15.9 Å². The summed E-state index contributed by atoms with van der Waals surface area (Å²) in [5.41, 5.74) is 2.41. The molecular formula is C12H11BrClFN2. The van der Waals surface area contributed by atoms with Crippen LogP contribution < -0.4 is 0 Å². The molecule has 2 nitrogen and oxygen atoms in total. The number of benzene rings is 1. The fourth-order valence-corrected chi connectivity index (χ4v) is 2.14. The van der Waals surface area contributed by atoms with Crippen LogP contribution in [0.15, 0.2) is 22.7 Å². The van der Waals surface area contributed by atoms with Gasteiger partial charge in [-0.2, -0.15) is 5.10 Å². The Morgan fingerprint density at radius 1 is 1.41 bits per heavy atom. The number of nitrogens with zero attached hydrogens (tertiary/aromatic N) is 2. The molecule has 0 spiro atoms. The Morgan fingerprint density at radius 2 is 2.12 bits per heavy atom. The quantitative estimate of drug-likeness (QED) is 0.815. The maximum Gasteiger partial charge on any atom is 0.146 e. The highest BCUT2D eigenvalue weighted by atomic mass is 79.9. The van der Waals surface area contributed by atoms with Crippen molar-refractivity contribution < 1.29 is 4.39 Å². The van der Waals surface area contributed by atoms with Crippen molar-refractivity contribution in [1.82, 2.24) is 9.78 Å². The number of halogens is 3. The molecule has 0 atom stereocenters. The Bertz CT molecular complexity index is 566. The minimum atomic E-state index is -0.377. The van der Waals surface area contributed by atoms with Gasteiger partial charge >= 0.3 is 0 Å². The molecule has 90 valence electrons. The van der Waals surface area contributed by atoms with Crippen molar-refractivity contribution in [2.75, 3.05) is 0 Å². The van der Waals surface area contributed by atoms with Gasteiger partial charge in [0.1, 0.15) is 5.82 Å². The van der Waals surface area contributed by atoms with E-state index in [-0.39, 0.29) is 10.8 Å². The van der Waals surface area contributed by atoms with Crippen molar-refractivity contribution >= 4 is 27.5 Å². The molecular weight excluding hydrogens is 307 g/mol. The zero-order valence-corrected chi connectivity index (χ0v) is 11.8. The van der Waals surface area contributed by atoms with Gasteiger partial charge in [-0.3, -0.25) is 4.68 Å². The van der Waals surface area contributed by atoms with E-state index in [1.807, 2.05) is 13.8 Å². The molecule has 0 saturated carbocycles. The largest absolute Gasteiger partial charge is 0.264 e. The SMILES string of the molecule is Cc1nn(Cc2cccc(Cl)c2F)c(C)c1Br. The first-order chi connectivity index (χ1) is 8.00. The second-order valence-electron chi connectivity index (χ2n) is 3.86. The molecule has 2 rings (SSSR count). The summed E-state index contributed by atoms with van der Waals surface area (Å²) in [6.07, 6.45) is 0. The number of rotatable bonds is 2. The highest BCUT2D eigenvalue weighted by molar-refractivity contribution is 9.10. The van der Waals surface area contributed by atoms with Gasteiger partial charge in [0.2, 0.25) is 0 Å². The monoisotopic (exact) mass is 316 g/mol. The van der Waals surface area contributed by atoms with Gasteiger partial charge < -0.3 is 0 Å². The van der Waals surface area contributed by atoms with Crippen molar-refractivity contribution in [3.05, 3.63) is 50.5 Å². The maximum atomic E-state index is 13.7. The zero-order valence-electron chi connectivity index (χ0n) is 9.47. The molecule has 0 aliphatic rings. The summed E-state index contributed by atoms with van der Waals surface area (Å²) in [5, 5.41) is 4.48. The average molecular weight is 318 g/mol. The fourth-order valence-electron chi connectivity index (χ4n) is 1.66. The molecule has 0 bridgehead atoms. The second-order valence-corrected chi connectivity index (χ2v) is 5.06. The fraction of sp³-hybridized carbons (Fsp3) is 0.250. The predicted molar refractivity (Wildman–Crippen MR) is 69.9 cm³/mol. The number of aromatic nitrogens is 2. The molecule has 0 saturated heterocycles. The van der Waals surface area contributed by atoms with Gasteiger partial charge in [0, 0.05) is 5.56 Å². The Kier molecular flexibility index (Phi) is 3.54. The van der Waals surface area contributed by atoms with Crippen LogP contribution in [0.2, 0.25) is 5.02 Å². The lowest BCUT2D eigenvalue weighted by Crippen LogP contribution is -2.06. The standard InChI is InChI=1S/C12H11BrClFN2/c1-7-11(13)8(2)17(16-7)6-9-4-3-5-10(14)12(9)15/h3-5H,6H2,1-2H3. The summed E-state index contributed by atoms with van der Waals surface area (Å²) in [6, 6.07) is 4.99. The van der Waals surface area contributed by atoms with E-state index in [1.54, 1.807) is 16.8 Å². The van der Waals surface area contributed by atoms with Crippen LogP contribution in [0.1, 0.15) is 17.0 Å². The van der Waals surface area contributed by atoms with Crippen LogP contribution in [0.25, 0.3) is 0 Å². The topological polar surface area (TPSA) is 17.8 Å². The van der Waals surface area contributed by atoms with E-state index in [1.165, 1.54) is 6.07 Å². The van der Waals surface area contributed by atoms with Crippen LogP contribution in [0.3, 0.4) is 0 Å². The summed E-state index contributed by atoms with van der Waals surface area (Å²) in [7, 11) is 0. The van der Waals surface area contributed by atoms with Crippen LogP contribution in [0.5, 0.6) is 0 Å². The zero-order chi connectivity index (χ0) is 12.6. The summed E-state index contributed by atoms with van der Waals surface area (Å²) in [6.45, 7) is 4.22. The van der Waals surface area contributed by atoms with Crippen LogP contribution in [0, 0.1) is 19.7 Å². The second kappa shape index (κ2) is 4.78. The Balaban J connectivity index is 2.38. The van der Waals surface area contributed by atoms with E-state index < -0.39 is 0 Å². The molecule has 2 aromatic rings. The lowest BCUT2D eigenvalue weighted by molar-refractivity contribution is 0.579. The molecule has 0 aliphatic carbocycles. The van der Waals surface area contributed by atoms with Crippen molar-refractivity contribution in [1.29, 1.82) is 0 Å². The predicted octanol–water partition coefficient (Wildman–Crippen LogP) is 4.10. The third-order valence-electron chi connectivity index (χ3n) is 2.64. The molecule has 1 aromatic heterocycles. The maximum absolute atomic E-state index is 13.7. The normalized spacial score (nSPS) is 10.9. The first-order valence-electron chi connectivity index (χ1n) is 5.13. The molecule has 0 aliphatic heterocycles. The van der Waals surface area contributed by atoms with Gasteiger partial charge in [0.05, 0.1) is 27.4 Å². The average Bonchev–Trinajstić information content (AvgIpc) is 2.53. The molecule has 0 amide bonds. The highest BCUT2D eigenvalue weighted by Gasteiger charge is 2.12. The van der Waals surface area contributed by atoms with Crippen molar-refractivity contribution in [3.63, 3.8) is 0 Å². The molecule has 0 N–H and O–H groups in total. The van der Waals surface area contributed by atoms with Crippen molar-refractivity contribution in [2.24, 2.45) is 0 Å². The van der Waals surface area contributed by atoms with Crippen LogP contribution in [-0.4, -0.2) is 9.78 Å². The summed E-state index contributed by atoms with van der Waals surface area (Å²) in [5.74, 6) is -0.377. The lowest BCUT2D eigenvalue weighted by Gasteiger charge is -2.06. The van der Waals surface area contributed by atoms with E-state index in [0.29, 0.717) is 12.1 Å². The summed E-state index contributed by atoms with van der Waals surface area (Å²) in [4.78, 5) is 0. The van der Waals surface area contributed by atoms with Gasteiger partial charge in [-0.25, -0.2) is 4.39 Å². The summed E-state index contributed by atoms with van der Waals surface area (Å²) < 4.78 is 16.5. The Labute approximate surface area is 113 Å². The molecule has 17 heavy (non-hydrogen) atoms. The van der Waals surface area contributed by atoms with Crippen LogP contribution >= 0.6 is 27.5 Å². The summed E-state index contributed by atoms with van der Waals surface area (Å²) >= 11 is 9.19. The van der Waals surface area contributed by atoms with Gasteiger partial charge in [-0.15, -0.1) is 0 Å². The van der Waals surface area contributed by atoms with Gasteiger partial charge in [-0.05, 0) is 35.8 Å². The minimum Gasteiger partial charge on any atom is -0.264 e. The molecule has 0 fully saturated rings. The van der Waals surface area contributed by atoms with Gasteiger partial charge in [-0.1, -0.05) is 23.7 Å². The van der Waals surface area contributed by atoms with Crippen LogP contribution in [0.4, 0.5) is 4.39 Å². The molecule has 1 aromatic carbocycles. The van der Waals surface area contributed by atoms with Crippen LogP contribution in [-0.2, 0) is 6.54 Å². The number of hydrogen-bond donors (Lipinski definition) is 0. The highest BCUT2D eigenvalue weighted by Crippen LogP contribution is 2.23. The third-order valence-corrected chi connectivity index (χ3v) is 4.08. The smallest absolute Gasteiger partial charge is 0.146 e. The van der Waals surface area contributed by atoms with E-state index in [2.05, 4.69) is 21.0 Å². The van der Waals surface area contributed by atoms with Gasteiger partial charge in [0.25, 0.3) is 0 Å². The van der Waals surface area contributed by atoms with E-state index in [4.69, 9.17) is 11.6 Å². The number of aryl methyl sites for hydroxylation is 1. The Hall–Kier alpha value is -0.870. The van der Waals surface area contributed by atoms with E-state index >= 15 is 0 Å². The lowest BCUT2D eigenvalue weighted by atomic mass is 10.2. The van der Waals surface area contributed by atoms with Gasteiger partial charge in [0.15, 0.2) is 0 Å². The number of hydrogen-bond acceptors (Lipinski definition) is 1.